The SMILES string of the molecule is N#CC1(n2cc([C@@H](NC(=O)C3CC=C(Cl)S3)C3CCCCC3)nn2)CC1. The summed E-state index contributed by atoms with van der Waals surface area (Å²) in [5, 5.41) is 21.0. The molecule has 2 aliphatic carbocycles. The topological polar surface area (TPSA) is 83.6 Å². The molecule has 0 aromatic carbocycles. The van der Waals surface area contributed by atoms with Crippen LogP contribution in [0.25, 0.3) is 0 Å². The number of hydrogen-bond acceptors (Lipinski definition) is 5. The van der Waals surface area contributed by atoms with E-state index in [1.807, 2.05) is 12.3 Å². The molecule has 0 saturated heterocycles. The van der Waals surface area contributed by atoms with Crippen LogP contribution in [0.5, 0.6) is 0 Å². The van der Waals surface area contributed by atoms with Crippen LogP contribution in [0.15, 0.2) is 16.6 Å². The second-order valence-corrected chi connectivity index (χ2v) is 9.34. The molecule has 0 spiro atoms. The minimum atomic E-state index is -0.523. The van der Waals surface area contributed by atoms with Gasteiger partial charge in [0.2, 0.25) is 5.91 Å². The molecule has 2 atom stereocenters. The first kappa shape index (κ1) is 17.9. The highest BCUT2D eigenvalue weighted by Crippen LogP contribution is 2.43. The zero-order valence-electron chi connectivity index (χ0n) is 14.5. The Morgan fingerprint density at radius 3 is 2.81 bits per heavy atom. The Kier molecular flexibility index (Phi) is 4.98. The maximum Gasteiger partial charge on any atom is 0.234 e. The van der Waals surface area contributed by atoms with E-state index >= 15 is 0 Å². The van der Waals surface area contributed by atoms with E-state index in [2.05, 4.69) is 21.7 Å². The van der Waals surface area contributed by atoms with Crippen LogP contribution in [0.3, 0.4) is 0 Å². The molecule has 0 bridgehead atoms. The quantitative estimate of drug-likeness (QED) is 0.828. The fourth-order valence-electron chi connectivity index (χ4n) is 3.88. The van der Waals surface area contributed by atoms with Crippen LogP contribution in [0.2, 0.25) is 0 Å². The molecule has 138 valence electrons. The fraction of sp³-hybridized carbons (Fsp3) is 0.667. The van der Waals surface area contributed by atoms with Crippen molar-refractivity contribution in [1.29, 1.82) is 5.26 Å². The van der Waals surface area contributed by atoms with E-state index in [9.17, 15) is 10.1 Å². The molecular weight excluding hydrogens is 370 g/mol. The molecule has 1 aromatic rings. The van der Waals surface area contributed by atoms with E-state index < -0.39 is 5.54 Å². The molecule has 1 aliphatic heterocycles. The van der Waals surface area contributed by atoms with Gasteiger partial charge in [-0.25, -0.2) is 4.68 Å². The molecule has 6 nitrogen and oxygen atoms in total. The first-order valence-electron chi connectivity index (χ1n) is 9.28. The van der Waals surface area contributed by atoms with Crippen molar-refractivity contribution < 1.29 is 4.79 Å². The Labute approximate surface area is 162 Å². The maximum atomic E-state index is 12.8. The third-order valence-electron chi connectivity index (χ3n) is 5.66. The van der Waals surface area contributed by atoms with Crippen molar-refractivity contribution in [3.05, 3.63) is 22.3 Å². The number of allylic oxidation sites excluding steroid dienone is 1. The number of thioether (sulfide) groups is 1. The van der Waals surface area contributed by atoms with Crippen LogP contribution >= 0.6 is 23.4 Å². The predicted molar refractivity (Wildman–Crippen MR) is 100 cm³/mol. The van der Waals surface area contributed by atoms with Gasteiger partial charge >= 0.3 is 0 Å². The summed E-state index contributed by atoms with van der Waals surface area (Å²) in [4.78, 5) is 12.8. The highest BCUT2D eigenvalue weighted by molar-refractivity contribution is 8.06. The Morgan fingerprint density at radius 1 is 1.42 bits per heavy atom. The predicted octanol–water partition coefficient (Wildman–Crippen LogP) is 3.61. The van der Waals surface area contributed by atoms with E-state index in [1.54, 1.807) is 4.68 Å². The van der Waals surface area contributed by atoms with E-state index in [1.165, 1.54) is 31.0 Å². The number of carbonyl (C=O) groups excluding carboxylic acids is 1. The molecule has 0 radical (unpaired) electrons. The van der Waals surface area contributed by atoms with Crippen molar-refractivity contribution >= 4 is 29.3 Å². The van der Waals surface area contributed by atoms with Gasteiger partial charge in [-0.3, -0.25) is 4.79 Å². The average Bonchev–Trinajstić information content (AvgIpc) is 3.09. The van der Waals surface area contributed by atoms with Crippen LogP contribution in [-0.4, -0.2) is 26.2 Å². The van der Waals surface area contributed by atoms with Gasteiger partial charge in [0.25, 0.3) is 0 Å². The maximum absolute atomic E-state index is 12.8. The lowest BCUT2D eigenvalue weighted by molar-refractivity contribution is -0.121. The van der Waals surface area contributed by atoms with Gasteiger partial charge in [0.15, 0.2) is 5.54 Å². The smallest absolute Gasteiger partial charge is 0.234 e. The third-order valence-corrected chi connectivity index (χ3v) is 7.16. The van der Waals surface area contributed by atoms with Crippen LogP contribution < -0.4 is 5.32 Å². The lowest BCUT2D eigenvalue weighted by Crippen LogP contribution is -2.39. The number of nitriles is 1. The zero-order chi connectivity index (χ0) is 18.1. The number of nitrogens with zero attached hydrogens (tertiary/aromatic N) is 4. The van der Waals surface area contributed by atoms with Gasteiger partial charge in [-0.15, -0.1) is 16.9 Å². The first-order valence-corrected chi connectivity index (χ1v) is 10.5. The van der Waals surface area contributed by atoms with Crippen molar-refractivity contribution in [2.45, 2.75) is 68.2 Å². The molecule has 8 heteroatoms. The third kappa shape index (κ3) is 3.49. The van der Waals surface area contributed by atoms with E-state index in [4.69, 9.17) is 11.6 Å². The van der Waals surface area contributed by atoms with E-state index in [0.717, 1.165) is 31.4 Å². The van der Waals surface area contributed by atoms with Crippen molar-refractivity contribution in [1.82, 2.24) is 20.3 Å². The molecule has 4 rings (SSSR count). The molecule has 1 unspecified atom stereocenters. The normalized spacial score (nSPS) is 26.0. The fourth-order valence-corrected chi connectivity index (χ4v) is 5.12. The van der Waals surface area contributed by atoms with Crippen molar-refractivity contribution in [2.24, 2.45) is 5.92 Å². The Hall–Kier alpha value is -1.52. The molecular formula is C18H22ClN5OS. The summed E-state index contributed by atoms with van der Waals surface area (Å²) in [5.41, 5.74) is 0.249. The number of nitrogens with one attached hydrogen (secondary N) is 1. The molecule has 2 saturated carbocycles. The summed E-state index contributed by atoms with van der Waals surface area (Å²) in [6.45, 7) is 0. The highest BCUT2D eigenvalue weighted by atomic mass is 35.5. The van der Waals surface area contributed by atoms with Crippen LogP contribution in [0, 0.1) is 17.2 Å². The Bertz CT molecular complexity index is 760. The molecule has 2 fully saturated rings. The van der Waals surface area contributed by atoms with Crippen LogP contribution in [-0.2, 0) is 10.3 Å². The molecule has 1 aromatic heterocycles. The van der Waals surface area contributed by atoms with Gasteiger partial charge in [0, 0.05) is 0 Å². The number of hydrogen-bond donors (Lipinski definition) is 1. The summed E-state index contributed by atoms with van der Waals surface area (Å²) < 4.78 is 2.38. The first-order chi connectivity index (χ1) is 12.6. The Balaban J connectivity index is 1.53. The van der Waals surface area contributed by atoms with Gasteiger partial charge in [0.05, 0.1) is 27.9 Å². The molecule has 1 N–H and O–H groups in total. The number of halogens is 1. The van der Waals surface area contributed by atoms with Crippen molar-refractivity contribution in [3.63, 3.8) is 0 Å². The Morgan fingerprint density at radius 2 is 2.19 bits per heavy atom. The summed E-state index contributed by atoms with van der Waals surface area (Å²) in [5.74, 6) is 0.373. The van der Waals surface area contributed by atoms with Gasteiger partial charge in [0.1, 0.15) is 5.69 Å². The van der Waals surface area contributed by atoms with Gasteiger partial charge in [-0.1, -0.05) is 42.2 Å². The van der Waals surface area contributed by atoms with Gasteiger partial charge in [-0.2, -0.15) is 5.26 Å². The average molecular weight is 392 g/mol. The second-order valence-electron chi connectivity index (χ2n) is 7.47. The minimum Gasteiger partial charge on any atom is -0.346 e. The number of aromatic nitrogens is 3. The number of carbonyl (C=O) groups is 1. The lowest BCUT2D eigenvalue weighted by Gasteiger charge is -2.30. The van der Waals surface area contributed by atoms with Gasteiger partial charge < -0.3 is 5.32 Å². The summed E-state index contributed by atoms with van der Waals surface area (Å²) in [6, 6.07) is 2.19. The minimum absolute atomic E-state index is 0.00782. The molecule has 1 amide bonds. The standard InChI is InChI=1S/C18H22ClN5OS/c19-15-7-6-14(26-15)17(25)21-16(12-4-2-1-3-5-12)13-10-24(23-22-13)18(11-20)8-9-18/h7,10,12,14,16H,1-6,8-9H2,(H,21,25)/t14?,16-/m0/s1. The summed E-state index contributed by atoms with van der Waals surface area (Å²) in [7, 11) is 0. The van der Waals surface area contributed by atoms with E-state index in [0.29, 0.717) is 16.7 Å². The second kappa shape index (κ2) is 7.24. The number of amides is 1. The molecule has 2 heterocycles. The van der Waals surface area contributed by atoms with Crippen molar-refractivity contribution in [3.8, 4) is 6.07 Å². The van der Waals surface area contributed by atoms with Crippen LogP contribution in [0.4, 0.5) is 0 Å². The zero-order valence-corrected chi connectivity index (χ0v) is 16.1. The van der Waals surface area contributed by atoms with Gasteiger partial charge in [-0.05, 0) is 38.0 Å². The van der Waals surface area contributed by atoms with Crippen LogP contribution in [0.1, 0.15) is 63.1 Å². The van der Waals surface area contributed by atoms with E-state index in [-0.39, 0.29) is 17.2 Å². The summed E-state index contributed by atoms with van der Waals surface area (Å²) in [6.07, 6.45) is 11.8. The lowest BCUT2D eigenvalue weighted by atomic mass is 9.82. The molecule has 3 aliphatic rings. The van der Waals surface area contributed by atoms with Crippen molar-refractivity contribution in [2.75, 3.05) is 0 Å². The monoisotopic (exact) mass is 391 g/mol. The summed E-state index contributed by atoms with van der Waals surface area (Å²) >= 11 is 7.43. The highest BCUT2D eigenvalue weighted by Gasteiger charge is 2.47. The largest absolute Gasteiger partial charge is 0.346 e. The number of rotatable bonds is 5. The molecule has 26 heavy (non-hydrogen) atoms.